The number of Topliss-reactive ketones (excluding diaryl/α,β-unsaturated/α-hetero) is 1. The summed E-state index contributed by atoms with van der Waals surface area (Å²) >= 11 is 0. The number of hydrogen-bond donors (Lipinski definition) is 1. The molecule has 1 unspecified atom stereocenters. The van der Waals surface area contributed by atoms with E-state index in [0.717, 1.165) is 19.3 Å². The van der Waals surface area contributed by atoms with Gasteiger partial charge in [-0.1, -0.05) is 5.16 Å². The quantitative estimate of drug-likeness (QED) is 0.934. The van der Waals surface area contributed by atoms with Crippen molar-refractivity contribution in [3.8, 4) is 0 Å². The summed E-state index contributed by atoms with van der Waals surface area (Å²) in [6.45, 7) is 1.74. The van der Waals surface area contributed by atoms with Crippen molar-refractivity contribution < 1.29 is 14.1 Å². The van der Waals surface area contributed by atoms with Crippen molar-refractivity contribution in [2.24, 2.45) is 0 Å². The number of carbonyl (C=O) groups excluding carboxylic acids is 2. The van der Waals surface area contributed by atoms with E-state index in [-0.39, 0.29) is 17.7 Å². The fourth-order valence-electron chi connectivity index (χ4n) is 3.44. The Hall–Kier alpha value is -2.44. The van der Waals surface area contributed by atoms with Crippen LogP contribution in [0.3, 0.4) is 0 Å². The Kier molecular flexibility index (Phi) is 3.11. The number of fused-ring (bicyclic) bond motifs is 1. The highest BCUT2D eigenvalue weighted by Crippen LogP contribution is 2.40. The molecule has 7 nitrogen and oxygen atoms in total. The van der Waals surface area contributed by atoms with Crippen molar-refractivity contribution in [2.75, 3.05) is 0 Å². The molecule has 1 saturated carbocycles. The Morgan fingerprint density at radius 3 is 2.96 bits per heavy atom. The average molecular weight is 314 g/mol. The molecule has 0 bridgehead atoms. The summed E-state index contributed by atoms with van der Waals surface area (Å²) in [5.41, 5.74) is 0.0818. The third-order valence-corrected chi connectivity index (χ3v) is 4.87. The summed E-state index contributed by atoms with van der Waals surface area (Å²) in [7, 11) is 0. The molecular formula is C16H18N4O3. The van der Waals surface area contributed by atoms with E-state index in [1.54, 1.807) is 29.8 Å². The number of ketones is 1. The van der Waals surface area contributed by atoms with Crippen LogP contribution < -0.4 is 5.32 Å². The summed E-state index contributed by atoms with van der Waals surface area (Å²) in [6, 6.07) is 3.22. The van der Waals surface area contributed by atoms with Crippen molar-refractivity contribution in [3.05, 3.63) is 35.7 Å². The van der Waals surface area contributed by atoms with Gasteiger partial charge in [0.2, 0.25) is 11.8 Å². The number of aryl methyl sites for hydroxylation is 1. The molecule has 1 N–H and O–H groups in total. The van der Waals surface area contributed by atoms with Gasteiger partial charge in [-0.15, -0.1) is 0 Å². The zero-order valence-electron chi connectivity index (χ0n) is 12.9. The lowest BCUT2D eigenvalue weighted by molar-refractivity contribution is -0.128. The third-order valence-electron chi connectivity index (χ3n) is 4.87. The van der Waals surface area contributed by atoms with Crippen LogP contribution in [0.5, 0.6) is 0 Å². The molecule has 4 rings (SSSR count). The number of amides is 1. The Morgan fingerprint density at radius 1 is 1.48 bits per heavy atom. The molecule has 1 fully saturated rings. The van der Waals surface area contributed by atoms with E-state index in [2.05, 4.69) is 15.5 Å². The summed E-state index contributed by atoms with van der Waals surface area (Å²) in [6.07, 6.45) is 5.35. The first-order chi connectivity index (χ1) is 11.1. The van der Waals surface area contributed by atoms with Gasteiger partial charge in [0.25, 0.3) is 0 Å². The van der Waals surface area contributed by atoms with Gasteiger partial charge in [-0.3, -0.25) is 9.59 Å². The molecular weight excluding hydrogens is 296 g/mol. The SMILES string of the molecule is Cc1nc(C2(NC(=O)C3CCC(=O)c4cccn43)CCC2)no1. The van der Waals surface area contributed by atoms with Gasteiger partial charge in [0.1, 0.15) is 11.6 Å². The van der Waals surface area contributed by atoms with Gasteiger partial charge in [-0.2, -0.15) is 4.98 Å². The molecule has 7 heteroatoms. The molecule has 1 aliphatic heterocycles. The van der Waals surface area contributed by atoms with E-state index in [0.29, 0.717) is 30.3 Å². The highest BCUT2D eigenvalue weighted by molar-refractivity contribution is 5.97. The molecule has 1 atom stereocenters. The second-order valence-electron chi connectivity index (χ2n) is 6.34. The molecule has 0 spiro atoms. The van der Waals surface area contributed by atoms with Gasteiger partial charge in [0.05, 0.1) is 5.69 Å². The maximum Gasteiger partial charge on any atom is 0.243 e. The van der Waals surface area contributed by atoms with Crippen molar-refractivity contribution in [1.29, 1.82) is 0 Å². The summed E-state index contributed by atoms with van der Waals surface area (Å²) < 4.78 is 6.84. The lowest BCUT2D eigenvalue weighted by atomic mass is 9.75. The topological polar surface area (TPSA) is 90.0 Å². The first kappa shape index (κ1) is 14.2. The van der Waals surface area contributed by atoms with Crippen molar-refractivity contribution in [1.82, 2.24) is 20.0 Å². The molecule has 3 heterocycles. The highest BCUT2D eigenvalue weighted by Gasteiger charge is 2.45. The molecule has 1 aliphatic carbocycles. The predicted octanol–water partition coefficient (Wildman–Crippen LogP) is 1.89. The minimum Gasteiger partial charge on any atom is -0.341 e. The smallest absolute Gasteiger partial charge is 0.243 e. The fourth-order valence-corrected chi connectivity index (χ4v) is 3.44. The number of nitrogens with one attached hydrogen (secondary N) is 1. The van der Waals surface area contributed by atoms with E-state index in [4.69, 9.17) is 4.52 Å². The van der Waals surface area contributed by atoms with Crippen molar-refractivity contribution >= 4 is 11.7 Å². The minimum atomic E-state index is -0.524. The van der Waals surface area contributed by atoms with Crippen LogP contribution in [0.15, 0.2) is 22.9 Å². The second-order valence-corrected chi connectivity index (χ2v) is 6.34. The lowest BCUT2D eigenvalue weighted by Gasteiger charge is -2.41. The molecule has 0 aromatic carbocycles. The monoisotopic (exact) mass is 314 g/mol. The first-order valence-electron chi connectivity index (χ1n) is 7.92. The predicted molar refractivity (Wildman–Crippen MR) is 79.7 cm³/mol. The molecule has 2 aliphatic rings. The fraction of sp³-hybridized carbons (Fsp3) is 0.500. The van der Waals surface area contributed by atoms with Crippen LogP contribution in [-0.2, 0) is 10.3 Å². The van der Waals surface area contributed by atoms with Crippen molar-refractivity contribution in [3.63, 3.8) is 0 Å². The highest BCUT2D eigenvalue weighted by atomic mass is 16.5. The Morgan fingerprint density at radius 2 is 2.30 bits per heavy atom. The van der Waals surface area contributed by atoms with Gasteiger partial charge >= 0.3 is 0 Å². The summed E-state index contributed by atoms with van der Waals surface area (Å²) in [5, 5.41) is 7.11. The standard InChI is InChI=1S/C16H18N4O3/c1-10-17-15(19-23-10)16(7-3-8-16)18-14(22)12-5-6-13(21)11-4-2-9-20(11)12/h2,4,9,12H,3,5-8H2,1H3,(H,18,22). The number of aromatic nitrogens is 3. The number of rotatable bonds is 3. The van der Waals surface area contributed by atoms with Crippen LogP contribution in [-0.4, -0.2) is 26.4 Å². The maximum atomic E-state index is 12.8. The average Bonchev–Trinajstić information content (AvgIpc) is 3.12. The van der Waals surface area contributed by atoms with Gasteiger partial charge in [-0.05, 0) is 37.8 Å². The minimum absolute atomic E-state index is 0.0860. The lowest BCUT2D eigenvalue weighted by Crippen LogP contribution is -2.53. The molecule has 1 amide bonds. The van der Waals surface area contributed by atoms with E-state index in [9.17, 15) is 9.59 Å². The molecule has 2 aromatic rings. The first-order valence-corrected chi connectivity index (χ1v) is 7.92. The van der Waals surface area contributed by atoms with Gasteiger partial charge in [0.15, 0.2) is 11.6 Å². The van der Waals surface area contributed by atoms with Gasteiger partial charge in [-0.25, -0.2) is 0 Å². The zero-order chi connectivity index (χ0) is 16.0. The van der Waals surface area contributed by atoms with Crippen molar-refractivity contribution in [2.45, 2.75) is 50.6 Å². The third kappa shape index (κ3) is 2.18. The Bertz CT molecular complexity index is 772. The van der Waals surface area contributed by atoms with Crippen LogP contribution >= 0.6 is 0 Å². The summed E-state index contributed by atoms with van der Waals surface area (Å²) in [5.74, 6) is 1.05. The normalized spacial score (nSPS) is 22.3. The molecule has 120 valence electrons. The van der Waals surface area contributed by atoms with E-state index >= 15 is 0 Å². The number of hydrogen-bond acceptors (Lipinski definition) is 5. The second kappa shape index (κ2) is 5.04. The van der Waals surface area contributed by atoms with Crippen LogP contribution in [0.25, 0.3) is 0 Å². The molecule has 23 heavy (non-hydrogen) atoms. The van der Waals surface area contributed by atoms with Crippen LogP contribution in [0.4, 0.5) is 0 Å². The van der Waals surface area contributed by atoms with E-state index in [1.807, 2.05) is 0 Å². The molecule has 0 radical (unpaired) electrons. The van der Waals surface area contributed by atoms with Crippen LogP contribution in [0.1, 0.15) is 60.3 Å². The zero-order valence-corrected chi connectivity index (χ0v) is 12.9. The Balaban J connectivity index is 1.59. The summed E-state index contributed by atoms with van der Waals surface area (Å²) in [4.78, 5) is 29.0. The Labute approximate surface area is 133 Å². The maximum absolute atomic E-state index is 12.8. The van der Waals surface area contributed by atoms with E-state index in [1.165, 1.54) is 0 Å². The van der Waals surface area contributed by atoms with Crippen LogP contribution in [0, 0.1) is 6.92 Å². The number of carbonyl (C=O) groups is 2. The van der Waals surface area contributed by atoms with Gasteiger partial charge < -0.3 is 14.4 Å². The van der Waals surface area contributed by atoms with E-state index < -0.39 is 5.54 Å². The largest absolute Gasteiger partial charge is 0.341 e. The molecule has 2 aromatic heterocycles. The van der Waals surface area contributed by atoms with Gasteiger partial charge in [0, 0.05) is 19.5 Å². The van der Waals surface area contributed by atoms with Crippen LogP contribution in [0.2, 0.25) is 0 Å². The number of nitrogens with zero attached hydrogens (tertiary/aromatic N) is 3. The molecule has 0 saturated heterocycles.